The Morgan fingerprint density at radius 2 is 1.74 bits per heavy atom. The van der Waals surface area contributed by atoms with Crippen molar-refractivity contribution in [1.29, 1.82) is 0 Å². The Morgan fingerprint density at radius 3 is 2.40 bits per heavy atom. The van der Waals surface area contributed by atoms with Crippen LogP contribution in [0.4, 0.5) is 5.69 Å². The molecule has 3 aromatic carbocycles. The second kappa shape index (κ2) is 13.9. The maximum Gasteiger partial charge on any atom is 0.331 e. The minimum atomic E-state index is -3.76. The molecule has 0 unspecified atom stereocenters. The monoisotopic (exact) mass is 670 g/mol. The number of amides is 1. The number of para-hydroxylation sites is 1. The largest absolute Gasteiger partial charge is 0.452 e. The van der Waals surface area contributed by atoms with Crippen LogP contribution < -0.4 is 5.32 Å². The highest BCUT2D eigenvalue weighted by atomic mass is 79.9. The molecule has 0 bridgehead atoms. The van der Waals surface area contributed by atoms with Gasteiger partial charge in [0.2, 0.25) is 10.0 Å². The summed E-state index contributed by atoms with van der Waals surface area (Å²) in [5.74, 6) is -1.42. The first kappa shape index (κ1) is 31.2. The summed E-state index contributed by atoms with van der Waals surface area (Å²) in [6, 6.07) is 21.2. The summed E-state index contributed by atoms with van der Waals surface area (Å²) in [6.07, 6.45) is 4.58. The summed E-state index contributed by atoms with van der Waals surface area (Å²) >= 11 is 9.62. The number of hydrogen-bond acceptors (Lipinski definition) is 6. The Bertz CT molecular complexity index is 1700. The molecule has 4 aromatic rings. The van der Waals surface area contributed by atoms with E-state index >= 15 is 0 Å². The molecular formula is C30H28BrClN4O5S. The SMILES string of the molecule is CCN(CC)S(=O)(=O)c1ccc(Cl)c(NC(=O)COC(=O)C=Cc2cn(-c3ccccc3)nc2-c2ccc(Br)cc2)c1. The van der Waals surface area contributed by atoms with Crippen molar-refractivity contribution in [2.45, 2.75) is 18.7 Å². The summed E-state index contributed by atoms with van der Waals surface area (Å²) in [7, 11) is -3.76. The molecule has 9 nitrogen and oxygen atoms in total. The Labute approximate surface area is 257 Å². The molecule has 0 saturated carbocycles. The number of anilines is 1. The van der Waals surface area contributed by atoms with E-state index in [1.807, 2.05) is 54.6 Å². The molecule has 1 aromatic heterocycles. The van der Waals surface area contributed by atoms with Gasteiger partial charge in [-0.25, -0.2) is 17.9 Å². The van der Waals surface area contributed by atoms with E-state index in [-0.39, 0.29) is 15.6 Å². The third kappa shape index (κ3) is 7.54. The Hall–Kier alpha value is -3.77. The average Bonchev–Trinajstić information content (AvgIpc) is 3.41. The zero-order chi connectivity index (χ0) is 30.3. The third-order valence-electron chi connectivity index (χ3n) is 6.18. The lowest BCUT2D eigenvalue weighted by atomic mass is 10.1. The maximum atomic E-state index is 12.8. The Kier molecular flexibility index (Phi) is 10.3. The molecule has 0 atom stereocenters. The summed E-state index contributed by atoms with van der Waals surface area (Å²) in [4.78, 5) is 25.0. The Balaban J connectivity index is 1.45. The standard InChI is InChI=1S/C30H28BrClN4O5S/c1-3-35(4-2)42(39,40)25-15-16-26(32)27(18-25)33-28(37)20-41-29(38)17-12-22-19-36(24-8-6-5-7-9-24)34-30(22)21-10-13-23(31)14-11-21/h5-19H,3-4,20H2,1-2H3,(H,33,37). The van der Waals surface area contributed by atoms with Crippen molar-refractivity contribution in [2.75, 3.05) is 25.0 Å². The lowest BCUT2D eigenvalue weighted by Crippen LogP contribution is -2.30. The first-order valence-corrected chi connectivity index (χ1v) is 15.6. The topological polar surface area (TPSA) is 111 Å². The summed E-state index contributed by atoms with van der Waals surface area (Å²) in [6.45, 7) is 3.46. The number of ether oxygens (including phenoxy) is 1. The minimum absolute atomic E-state index is 0.0107. The zero-order valence-corrected chi connectivity index (χ0v) is 26.0. The molecule has 1 N–H and O–H groups in total. The van der Waals surface area contributed by atoms with E-state index in [0.717, 1.165) is 15.7 Å². The van der Waals surface area contributed by atoms with Crippen LogP contribution in [0.1, 0.15) is 19.4 Å². The van der Waals surface area contributed by atoms with Gasteiger partial charge in [0.1, 0.15) is 0 Å². The average molecular weight is 672 g/mol. The highest BCUT2D eigenvalue weighted by Gasteiger charge is 2.23. The number of aromatic nitrogens is 2. The summed E-state index contributed by atoms with van der Waals surface area (Å²) < 4.78 is 34.7. The fraction of sp³-hybridized carbons (Fsp3) is 0.167. The van der Waals surface area contributed by atoms with Crippen LogP contribution in [0.5, 0.6) is 0 Å². The van der Waals surface area contributed by atoms with Crippen molar-refractivity contribution >= 4 is 61.2 Å². The highest BCUT2D eigenvalue weighted by molar-refractivity contribution is 9.10. The number of halogens is 2. The van der Waals surface area contributed by atoms with E-state index in [9.17, 15) is 18.0 Å². The summed E-state index contributed by atoms with van der Waals surface area (Å²) in [5, 5.41) is 7.36. The van der Waals surface area contributed by atoms with Crippen LogP contribution in [0.2, 0.25) is 5.02 Å². The van der Waals surface area contributed by atoms with Gasteiger partial charge in [0.05, 0.1) is 27.0 Å². The molecule has 42 heavy (non-hydrogen) atoms. The smallest absolute Gasteiger partial charge is 0.331 e. The van der Waals surface area contributed by atoms with Gasteiger partial charge in [-0.15, -0.1) is 0 Å². The van der Waals surface area contributed by atoms with Crippen molar-refractivity contribution < 1.29 is 22.7 Å². The predicted octanol–water partition coefficient (Wildman–Crippen LogP) is 6.18. The van der Waals surface area contributed by atoms with E-state index in [1.54, 1.807) is 30.8 Å². The molecule has 0 aliphatic carbocycles. The lowest BCUT2D eigenvalue weighted by Gasteiger charge is -2.19. The number of rotatable bonds is 11. The van der Waals surface area contributed by atoms with Crippen LogP contribution in [-0.2, 0) is 24.3 Å². The maximum absolute atomic E-state index is 12.8. The van der Waals surface area contributed by atoms with Gasteiger partial charge in [0.15, 0.2) is 6.61 Å². The quantitative estimate of drug-likeness (QED) is 0.151. The van der Waals surface area contributed by atoms with Crippen LogP contribution >= 0.6 is 27.5 Å². The number of benzene rings is 3. The molecule has 0 fully saturated rings. The number of esters is 1. The normalized spacial score (nSPS) is 11.6. The number of nitrogens with zero attached hydrogens (tertiary/aromatic N) is 3. The van der Waals surface area contributed by atoms with Crippen LogP contribution in [0, 0.1) is 0 Å². The molecule has 0 radical (unpaired) electrons. The van der Waals surface area contributed by atoms with Gasteiger partial charge in [-0.1, -0.05) is 71.7 Å². The molecule has 0 spiro atoms. The molecular weight excluding hydrogens is 644 g/mol. The fourth-order valence-electron chi connectivity index (χ4n) is 4.06. The molecule has 1 heterocycles. The first-order valence-electron chi connectivity index (χ1n) is 13.0. The number of carbonyl (C=O) groups excluding carboxylic acids is 2. The second-order valence-corrected chi connectivity index (χ2v) is 12.2. The number of nitrogens with one attached hydrogen (secondary N) is 1. The van der Waals surface area contributed by atoms with E-state index < -0.39 is 28.5 Å². The minimum Gasteiger partial charge on any atom is -0.452 e. The van der Waals surface area contributed by atoms with Gasteiger partial charge < -0.3 is 10.1 Å². The second-order valence-electron chi connectivity index (χ2n) is 8.94. The van der Waals surface area contributed by atoms with E-state index in [2.05, 4.69) is 21.2 Å². The molecule has 0 aliphatic heterocycles. The van der Waals surface area contributed by atoms with Crippen LogP contribution in [-0.4, -0.2) is 54.1 Å². The first-order chi connectivity index (χ1) is 20.1. The van der Waals surface area contributed by atoms with E-state index in [1.165, 1.54) is 28.6 Å². The number of sulfonamides is 1. The van der Waals surface area contributed by atoms with E-state index in [4.69, 9.17) is 21.4 Å². The van der Waals surface area contributed by atoms with Crippen molar-refractivity contribution in [1.82, 2.24) is 14.1 Å². The third-order valence-corrected chi connectivity index (χ3v) is 9.08. The van der Waals surface area contributed by atoms with Gasteiger partial charge in [-0.05, 0) is 48.5 Å². The van der Waals surface area contributed by atoms with Crippen molar-refractivity contribution in [3.63, 3.8) is 0 Å². The number of hydrogen-bond donors (Lipinski definition) is 1. The van der Waals surface area contributed by atoms with Gasteiger partial charge in [-0.3, -0.25) is 4.79 Å². The van der Waals surface area contributed by atoms with Crippen molar-refractivity contribution in [3.05, 3.63) is 100 Å². The van der Waals surface area contributed by atoms with Gasteiger partial charge >= 0.3 is 5.97 Å². The molecule has 4 rings (SSSR count). The summed E-state index contributed by atoms with van der Waals surface area (Å²) in [5.41, 5.74) is 3.11. The molecule has 0 saturated heterocycles. The van der Waals surface area contributed by atoms with Crippen LogP contribution in [0.3, 0.4) is 0 Å². The molecule has 1 amide bonds. The van der Waals surface area contributed by atoms with Gasteiger partial charge in [0.25, 0.3) is 5.91 Å². The Morgan fingerprint density at radius 1 is 1.05 bits per heavy atom. The molecule has 12 heteroatoms. The lowest BCUT2D eigenvalue weighted by molar-refractivity contribution is -0.142. The fourth-order valence-corrected chi connectivity index (χ4v) is 5.97. The number of carbonyl (C=O) groups is 2. The molecule has 218 valence electrons. The predicted molar refractivity (Wildman–Crippen MR) is 167 cm³/mol. The zero-order valence-electron chi connectivity index (χ0n) is 22.8. The highest BCUT2D eigenvalue weighted by Crippen LogP contribution is 2.28. The van der Waals surface area contributed by atoms with Gasteiger partial charge in [-0.2, -0.15) is 9.40 Å². The van der Waals surface area contributed by atoms with Crippen LogP contribution in [0.15, 0.2) is 94.4 Å². The van der Waals surface area contributed by atoms with Crippen LogP contribution in [0.25, 0.3) is 23.0 Å². The molecule has 0 aliphatic rings. The van der Waals surface area contributed by atoms with Crippen molar-refractivity contribution in [2.24, 2.45) is 0 Å². The van der Waals surface area contributed by atoms with Crippen molar-refractivity contribution in [3.8, 4) is 16.9 Å². The van der Waals surface area contributed by atoms with Gasteiger partial charge in [0, 0.05) is 41.0 Å². The van der Waals surface area contributed by atoms with E-state index in [0.29, 0.717) is 24.3 Å².